The van der Waals surface area contributed by atoms with Crippen LogP contribution in [0.1, 0.15) is 10.4 Å². The molecule has 0 aliphatic heterocycles. The van der Waals surface area contributed by atoms with Gasteiger partial charge in [0.15, 0.2) is 0 Å². The molecule has 1 heterocycles. The Hall–Kier alpha value is -0.510. The summed E-state index contributed by atoms with van der Waals surface area (Å²) in [5, 5.41) is 1.38. The van der Waals surface area contributed by atoms with Crippen molar-refractivity contribution in [3.8, 4) is 0 Å². The van der Waals surface area contributed by atoms with Crippen LogP contribution in [0.5, 0.6) is 0 Å². The fourth-order valence-electron chi connectivity index (χ4n) is 0.524. The molecular formula is C6H4F3S. The third-order valence-corrected chi connectivity index (χ3v) is 1.96. The molecule has 0 unspecified atom stereocenters. The lowest BCUT2D eigenvalue weighted by molar-refractivity contribution is -0.134. The molecule has 0 fully saturated rings. The average molecular weight is 165 g/mol. The molecule has 0 saturated heterocycles. The summed E-state index contributed by atoms with van der Waals surface area (Å²) < 4.78 is 35.4. The van der Waals surface area contributed by atoms with E-state index in [0.29, 0.717) is 16.9 Å². The summed E-state index contributed by atoms with van der Waals surface area (Å²) in [6.45, 7) is 3.37. The molecular weight excluding hydrogens is 161 g/mol. The first kappa shape index (κ1) is 7.60. The second-order valence-electron chi connectivity index (χ2n) is 1.82. The average Bonchev–Trinajstić information content (AvgIpc) is 2.11. The molecule has 0 atom stereocenters. The van der Waals surface area contributed by atoms with E-state index in [-0.39, 0.29) is 0 Å². The predicted octanol–water partition coefficient (Wildman–Crippen LogP) is 2.95. The summed E-state index contributed by atoms with van der Waals surface area (Å²) >= 11 is 0.669. The van der Waals surface area contributed by atoms with Crippen LogP contribution in [0.2, 0.25) is 0 Å². The molecule has 55 valence electrons. The highest BCUT2D eigenvalue weighted by atomic mass is 32.1. The van der Waals surface area contributed by atoms with Gasteiger partial charge in [-0.05, 0) is 23.9 Å². The Labute approximate surface area is 60.3 Å². The minimum atomic E-state index is -4.21. The number of thiophene rings is 1. The van der Waals surface area contributed by atoms with Gasteiger partial charge in [-0.3, -0.25) is 0 Å². The zero-order valence-electron chi connectivity index (χ0n) is 4.90. The van der Waals surface area contributed by atoms with Crippen molar-refractivity contribution in [2.45, 2.75) is 6.18 Å². The van der Waals surface area contributed by atoms with E-state index < -0.39 is 11.1 Å². The van der Waals surface area contributed by atoms with Crippen LogP contribution in [-0.4, -0.2) is 0 Å². The highest BCUT2D eigenvalue weighted by Gasteiger charge is 2.31. The molecule has 0 aromatic carbocycles. The molecule has 0 nitrogen and oxygen atoms in total. The molecule has 1 aromatic rings. The van der Waals surface area contributed by atoms with Gasteiger partial charge in [0.2, 0.25) is 0 Å². The minimum Gasteiger partial charge on any atom is -0.165 e. The Bertz CT molecular complexity index is 223. The van der Waals surface area contributed by atoms with Gasteiger partial charge in [0, 0.05) is 0 Å². The van der Waals surface area contributed by atoms with Gasteiger partial charge in [-0.2, -0.15) is 13.2 Å². The van der Waals surface area contributed by atoms with Gasteiger partial charge >= 0.3 is 6.18 Å². The summed E-state index contributed by atoms with van der Waals surface area (Å²) in [6.07, 6.45) is -4.21. The van der Waals surface area contributed by atoms with E-state index in [9.17, 15) is 13.2 Å². The fraction of sp³-hybridized carbons (Fsp3) is 0.167. The van der Waals surface area contributed by atoms with Crippen LogP contribution in [-0.2, 0) is 6.18 Å². The van der Waals surface area contributed by atoms with E-state index in [1.165, 1.54) is 5.38 Å². The smallest absolute Gasteiger partial charge is 0.165 e. The maximum absolute atomic E-state index is 11.8. The predicted molar refractivity (Wildman–Crippen MR) is 33.8 cm³/mol. The van der Waals surface area contributed by atoms with Crippen molar-refractivity contribution in [1.29, 1.82) is 0 Å². The monoisotopic (exact) mass is 165 g/mol. The van der Waals surface area contributed by atoms with Crippen LogP contribution in [0.15, 0.2) is 11.4 Å². The Balaban J connectivity index is 2.96. The van der Waals surface area contributed by atoms with Crippen LogP contribution in [0.25, 0.3) is 0 Å². The maximum atomic E-state index is 11.8. The molecule has 4 heteroatoms. The Morgan fingerprint density at radius 2 is 2.00 bits per heavy atom. The molecule has 0 spiro atoms. The fourth-order valence-corrected chi connectivity index (χ4v) is 1.22. The van der Waals surface area contributed by atoms with Gasteiger partial charge in [0.05, 0.1) is 0 Å². The van der Waals surface area contributed by atoms with E-state index in [1.807, 2.05) is 0 Å². The molecule has 0 bridgehead atoms. The second kappa shape index (κ2) is 2.27. The lowest BCUT2D eigenvalue weighted by Gasteiger charge is -1.99. The topological polar surface area (TPSA) is 0 Å². The summed E-state index contributed by atoms with van der Waals surface area (Å²) in [6, 6.07) is 1.03. The number of alkyl halides is 3. The standard InChI is InChI=1S/C6H4F3S/c1-4-2-5(10-3-4)6(7,8)9/h2-3H,1H2. The molecule has 1 aromatic heterocycles. The van der Waals surface area contributed by atoms with Gasteiger partial charge in [0.25, 0.3) is 0 Å². The quantitative estimate of drug-likeness (QED) is 0.554. The number of rotatable bonds is 0. The van der Waals surface area contributed by atoms with Crippen molar-refractivity contribution in [1.82, 2.24) is 0 Å². The van der Waals surface area contributed by atoms with Crippen molar-refractivity contribution in [3.05, 3.63) is 28.8 Å². The Kier molecular flexibility index (Phi) is 1.72. The van der Waals surface area contributed by atoms with E-state index in [4.69, 9.17) is 0 Å². The van der Waals surface area contributed by atoms with Crippen molar-refractivity contribution >= 4 is 11.3 Å². The molecule has 0 aliphatic carbocycles. The zero-order chi connectivity index (χ0) is 7.78. The minimum absolute atomic E-state index is 0.414. The molecule has 0 saturated carbocycles. The molecule has 10 heavy (non-hydrogen) atoms. The van der Waals surface area contributed by atoms with E-state index >= 15 is 0 Å². The molecule has 0 amide bonds. The highest BCUT2D eigenvalue weighted by molar-refractivity contribution is 7.10. The highest BCUT2D eigenvalue weighted by Crippen LogP contribution is 2.33. The number of halogens is 3. The van der Waals surface area contributed by atoms with Crippen molar-refractivity contribution in [2.24, 2.45) is 0 Å². The largest absolute Gasteiger partial charge is 0.425 e. The van der Waals surface area contributed by atoms with Crippen LogP contribution in [0.3, 0.4) is 0 Å². The second-order valence-corrected chi connectivity index (χ2v) is 2.73. The maximum Gasteiger partial charge on any atom is 0.425 e. The van der Waals surface area contributed by atoms with Crippen molar-refractivity contribution in [3.63, 3.8) is 0 Å². The third-order valence-electron chi connectivity index (χ3n) is 0.933. The first-order valence-electron chi connectivity index (χ1n) is 2.48. The van der Waals surface area contributed by atoms with Gasteiger partial charge in [-0.25, -0.2) is 0 Å². The van der Waals surface area contributed by atoms with Gasteiger partial charge in [0.1, 0.15) is 4.88 Å². The van der Waals surface area contributed by atoms with Gasteiger partial charge in [-0.1, -0.05) is 0 Å². The summed E-state index contributed by atoms with van der Waals surface area (Å²) in [7, 11) is 0. The van der Waals surface area contributed by atoms with Crippen LogP contribution in [0.4, 0.5) is 13.2 Å². The van der Waals surface area contributed by atoms with Gasteiger partial charge < -0.3 is 0 Å². The summed E-state index contributed by atoms with van der Waals surface area (Å²) in [4.78, 5) is -0.586. The Morgan fingerprint density at radius 3 is 2.20 bits per heavy atom. The number of hydrogen-bond acceptors (Lipinski definition) is 1. The van der Waals surface area contributed by atoms with E-state index in [1.54, 1.807) is 0 Å². The van der Waals surface area contributed by atoms with Crippen LogP contribution >= 0.6 is 11.3 Å². The van der Waals surface area contributed by atoms with Crippen LogP contribution in [0, 0.1) is 6.92 Å². The molecule has 1 radical (unpaired) electrons. The molecule has 0 N–H and O–H groups in total. The lowest BCUT2D eigenvalue weighted by Crippen LogP contribution is -2.00. The van der Waals surface area contributed by atoms with Crippen molar-refractivity contribution in [2.75, 3.05) is 0 Å². The van der Waals surface area contributed by atoms with E-state index in [0.717, 1.165) is 6.07 Å². The van der Waals surface area contributed by atoms with Gasteiger partial charge in [-0.15, -0.1) is 11.3 Å². The normalized spacial score (nSPS) is 12.0. The third kappa shape index (κ3) is 1.50. The van der Waals surface area contributed by atoms with E-state index in [2.05, 4.69) is 6.92 Å². The summed E-state index contributed by atoms with van der Waals surface area (Å²) in [5.41, 5.74) is 0.414. The zero-order valence-corrected chi connectivity index (χ0v) is 5.72. The number of hydrogen-bond donors (Lipinski definition) is 0. The first-order valence-corrected chi connectivity index (χ1v) is 3.36. The Morgan fingerprint density at radius 1 is 1.40 bits per heavy atom. The van der Waals surface area contributed by atoms with Crippen LogP contribution < -0.4 is 0 Å². The van der Waals surface area contributed by atoms with Crippen molar-refractivity contribution < 1.29 is 13.2 Å². The molecule has 1 rings (SSSR count). The molecule has 0 aliphatic rings. The lowest BCUT2D eigenvalue weighted by atomic mass is 10.3. The first-order chi connectivity index (χ1) is 4.50. The summed E-state index contributed by atoms with van der Waals surface area (Å²) in [5.74, 6) is 0. The SMILES string of the molecule is [CH2]c1csc(C(F)(F)F)c1.